The number of nitrogens with zero attached hydrogens (tertiary/aromatic N) is 1. The predicted molar refractivity (Wildman–Crippen MR) is 71.1 cm³/mol. The molecule has 0 bridgehead atoms. The molecule has 0 atom stereocenters. The molecule has 1 aliphatic rings. The van der Waals surface area contributed by atoms with Gasteiger partial charge in [-0.05, 0) is 25.1 Å². The number of carbonyl (C=O) groups is 2. The fourth-order valence-electron chi connectivity index (χ4n) is 2.28. The molecule has 19 heavy (non-hydrogen) atoms. The fraction of sp³-hybridized carbons (Fsp3) is 0.143. The van der Waals surface area contributed by atoms with Crippen molar-refractivity contribution in [1.29, 1.82) is 0 Å². The van der Waals surface area contributed by atoms with E-state index in [0.29, 0.717) is 26.9 Å². The molecule has 0 unspecified atom stereocenters. The fourth-order valence-corrected chi connectivity index (χ4v) is 2.51. The zero-order valence-electron chi connectivity index (χ0n) is 10.1. The Labute approximate surface area is 114 Å². The van der Waals surface area contributed by atoms with Crippen molar-refractivity contribution in [1.82, 2.24) is 5.06 Å². The SMILES string of the molecule is CCON1C(=O)c2cccc3c(Cl)ccc(c23)C1=O. The third kappa shape index (κ3) is 1.64. The van der Waals surface area contributed by atoms with Crippen LogP contribution in [0.4, 0.5) is 0 Å². The summed E-state index contributed by atoms with van der Waals surface area (Å²) in [6.07, 6.45) is 0. The molecule has 0 saturated carbocycles. The van der Waals surface area contributed by atoms with E-state index in [4.69, 9.17) is 16.4 Å². The van der Waals surface area contributed by atoms with Gasteiger partial charge in [0.1, 0.15) is 0 Å². The van der Waals surface area contributed by atoms with Crippen molar-refractivity contribution in [3.8, 4) is 0 Å². The molecule has 1 aliphatic heterocycles. The highest BCUT2D eigenvalue weighted by molar-refractivity contribution is 6.37. The number of imide groups is 1. The second kappa shape index (κ2) is 4.33. The van der Waals surface area contributed by atoms with Crippen molar-refractivity contribution in [2.75, 3.05) is 6.61 Å². The summed E-state index contributed by atoms with van der Waals surface area (Å²) in [7, 11) is 0. The molecule has 4 nitrogen and oxygen atoms in total. The Hall–Kier alpha value is -1.91. The van der Waals surface area contributed by atoms with Crippen molar-refractivity contribution in [2.45, 2.75) is 6.92 Å². The smallest absolute Gasteiger partial charge is 0.266 e. The maximum Gasteiger partial charge on any atom is 0.285 e. The van der Waals surface area contributed by atoms with E-state index in [1.165, 1.54) is 0 Å². The van der Waals surface area contributed by atoms with E-state index >= 15 is 0 Å². The lowest BCUT2D eigenvalue weighted by Gasteiger charge is -2.25. The number of hydrogen-bond acceptors (Lipinski definition) is 3. The van der Waals surface area contributed by atoms with Gasteiger partial charge in [0.2, 0.25) is 0 Å². The quantitative estimate of drug-likeness (QED) is 0.792. The summed E-state index contributed by atoms with van der Waals surface area (Å²) in [5.74, 6) is -0.903. The van der Waals surface area contributed by atoms with Gasteiger partial charge >= 0.3 is 0 Å². The molecule has 96 valence electrons. The first kappa shape index (κ1) is 12.1. The highest BCUT2D eigenvalue weighted by atomic mass is 35.5. The summed E-state index contributed by atoms with van der Waals surface area (Å²) >= 11 is 6.11. The zero-order chi connectivity index (χ0) is 13.6. The summed E-state index contributed by atoms with van der Waals surface area (Å²) in [5, 5.41) is 2.63. The third-order valence-electron chi connectivity index (χ3n) is 3.08. The maximum atomic E-state index is 12.3. The summed E-state index contributed by atoms with van der Waals surface area (Å²) in [5.41, 5.74) is 0.867. The monoisotopic (exact) mass is 275 g/mol. The lowest BCUT2D eigenvalue weighted by molar-refractivity contribution is -0.0903. The lowest BCUT2D eigenvalue weighted by Crippen LogP contribution is -2.40. The van der Waals surface area contributed by atoms with E-state index in [2.05, 4.69) is 0 Å². The Kier molecular flexibility index (Phi) is 2.77. The van der Waals surface area contributed by atoms with Crippen molar-refractivity contribution in [3.63, 3.8) is 0 Å². The molecule has 2 aromatic rings. The molecule has 0 spiro atoms. The maximum absolute atomic E-state index is 12.3. The van der Waals surface area contributed by atoms with Crippen LogP contribution in [0, 0.1) is 0 Å². The molecule has 0 aliphatic carbocycles. The Bertz CT molecular complexity index is 689. The molecule has 3 rings (SSSR count). The van der Waals surface area contributed by atoms with Crippen LogP contribution >= 0.6 is 11.6 Å². The summed E-state index contributed by atoms with van der Waals surface area (Å²) < 4.78 is 0. The second-order valence-corrected chi connectivity index (χ2v) is 4.55. The Morgan fingerprint density at radius 1 is 1.11 bits per heavy atom. The van der Waals surface area contributed by atoms with E-state index < -0.39 is 11.8 Å². The topological polar surface area (TPSA) is 46.6 Å². The first-order chi connectivity index (χ1) is 9.15. The van der Waals surface area contributed by atoms with Crippen molar-refractivity contribution < 1.29 is 14.4 Å². The van der Waals surface area contributed by atoms with Crippen molar-refractivity contribution in [2.24, 2.45) is 0 Å². The zero-order valence-corrected chi connectivity index (χ0v) is 10.9. The number of halogens is 1. The van der Waals surface area contributed by atoms with Crippen LogP contribution in [0.5, 0.6) is 0 Å². The Balaban J connectivity index is 2.35. The minimum Gasteiger partial charge on any atom is -0.266 e. The number of amides is 2. The van der Waals surface area contributed by atoms with Gasteiger partial charge in [0, 0.05) is 15.8 Å². The highest BCUT2D eigenvalue weighted by Gasteiger charge is 2.34. The van der Waals surface area contributed by atoms with E-state index in [1.807, 2.05) is 0 Å². The molecule has 5 heteroatoms. The van der Waals surface area contributed by atoms with Gasteiger partial charge in [-0.3, -0.25) is 14.4 Å². The summed E-state index contributed by atoms with van der Waals surface area (Å²) in [4.78, 5) is 29.6. The minimum absolute atomic E-state index is 0.246. The average molecular weight is 276 g/mol. The number of carbonyl (C=O) groups excluding carboxylic acids is 2. The molecule has 2 aromatic carbocycles. The minimum atomic E-state index is -0.452. The third-order valence-corrected chi connectivity index (χ3v) is 3.40. The lowest BCUT2D eigenvalue weighted by atomic mass is 9.95. The molecule has 0 saturated heterocycles. The molecule has 2 amide bonds. The van der Waals surface area contributed by atoms with Gasteiger partial charge in [-0.1, -0.05) is 23.7 Å². The largest absolute Gasteiger partial charge is 0.285 e. The number of hydrogen-bond donors (Lipinski definition) is 0. The van der Waals surface area contributed by atoms with Gasteiger partial charge in [0.25, 0.3) is 11.8 Å². The van der Waals surface area contributed by atoms with Crippen LogP contribution in [0.25, 0.3) is 10.8 Å². The van der Waals surface area contributed by atoms with Crippen LogP contribution in [0.1, 0.15) is 27.6 Å². The molecule has 0 fully saturated rings. The van der Waals surface area contributed by atoms with E-state index in [-0.39, 0.29) is 6.61 Å². The Morgan fingerprint density at radius 2 is 1.79 bits per heavy atom. The average Bonchev–Trinajstić information content (AvgIpc) is 2.42. The first-order valence-electron chi connectivity index (χ1n) is 5.88. The summed E-state index contributed by atoms with van der Waals surface area (Å²) in [6, 6.07) is 8.48. The van der Waals surface area contributed by atoms with Crippen LogP contribution in [0.2, 0.25) is 5.02 Å². The van der Waals surface area contributed by atoms with Crippen LogP contribution in [-0.2, 0) is 4.84 Å². The van der Waals surface area contributed by atoms with Crippen LogP contribution in [0.15, 0.2) is 30.3 Å². The molecular weight excluding hydrogens is 266 g/mol. The van der Waals surface area contributed by atoms with Gasteiger partial charge in [0.05, 0.1) is 17.7 Å². The molecule has 0 radical (unpaired) electrons. The van der Waals surface area contributed by atoms with E-state index in [9.17, 15) is 9.59 Å². The second-order valence-electron chi connectivity index (χ2n) is 4.15. The van der Waals surface area contributed by atoms with Gasteiger partial charge in [-0.2, -0.15) is 0 Å². The van der Waals surface area contributed by atoms with Crippen molar-refractivity contribution in [3.05, 3.63) is 46.5 Å². The number of benzene rings is 2. The predicted octanol–water partition coefficient (Wildman–Crippen LogP) is 3.04. The Morgan fingerprint density at radius 3 is 2.47 bits per heavy atom. The van der Waals surface area contributed by atoms with Gasteiger partial charge in [0.15, 0.2) is 0 Å². The number of rotatable bonds is 2. The van der Waals surface area contributed by atoms with Crippen molar-refractivity contribution >= 4 is 34.2 Å². The normalized spacial score (nSPS) is 14.3. The number of hydroxylamine groups is 2. The molecule has 0 aromatic heterocycles. The first-order valence-corrected chi connectivity index (χ1v) is 6.26. The van der Waals surface area contributed by atoms with Gasteiger partial charge in [-0.25, -0.2) is 0 Å². The van der Waals surface area contributed by atoms with Gasteiger partial charge < -0.3 is 0 Å². The highest BCUT2D eigenvalue weighted by Crippen LogP contribution is 2.34. The molecule has 0 N–H and O–H groups in total. The standard InChI is InChI=1S/C14H10ClNO3/c1-2-19-16-13(17)9-5-3-4-8-11(15)7-6-10(12(8)9)14(16)18/h3-7H,2H2,1H3. The summed E-state index contributed by atoms with van der Waals surface area (Å²) in [6.45, 7) is 1.97. The molecule has 1 heterocycles. The molecular formula is C14H10ClNO3. The van der Waals surface area contributed by atoms with Crippen LogP contribution in [-0.4, -0.2) is 23.5 Å². The van der Waals surface area contributed by atoms with Gasteiger partial charge in [-0.15, -0.1) is 5.06 Å². The van der Waals surface area contributed by atoms with Crippen LogP contribution < -0.4 is 0 Å². The van der Waals surface area contributed by atoms with E-state index in [0.717, 1.165) is 5.06 Å². The van der Waals surface area contributed by atoms with Crippen LogP contribution in [0.3, 0.4) is 0 Å². The van der Waals surface area contributed by atoms with E-state index in [1.54, 1.807) is 37.3 Å².